The molecule has 0 aliphatic rings. The molecule has 0 spiro atoms. The third kappa shape index (κ3) is 2.01. The summed E-state index contributed by atoms with van der Waals surface area (Å²) >= 11 is 9.46. The first-order valence-electron chi connectivity index (χ1n) is 4.46. The van der Waals surface area contributed by atoms with Gasteiger partial charge in [-0.2, -0.15) is 0 Å². The van der Waals surface area contributed by atoms with Gasteiger partial charge in [0.15, 0.2) is 5.95 Å². The van der Waals surface area contributed by atoms with Crippen LogP contribution >= 0.6 is 27.5 Å². The molecule has 3 N–H and O–H groups in total. The summed E-state index contributed by atoms with van der Waals surface area (Å²) in [7, 11) is 1.59. The van der Waals surface area contributed by atoms with Crippen molar-refractivity contribution in [2.75, 3.05) is 12.8 Å². The summed E-state index contributed by atoms with van der Waals surface area (Å²) in [6.45, 7) is 0. The number of halogens is 2. The molecule has 0 amide bonds. The molecular formula is C10H9BrClN3O. The first-order valence-corrected chi connectivity index (χ1v) is 5.64. The van der Waals surface area contributed by atoms with E-state index in [2.05, 4.69) is 25.9 Å². The molecule has 0 saturated heterocycles. The number of aromatic amines is 1. The Kier molecular flexibility index (Phi) is 3.07. The second-order valence-electron chi connectivity index (χ2n) is 3.13. The molecule has 0 saturated carbocycles. The smallest absolute Gasteiger partial charge is 0.198 e. The van der Waals surface area contributed by atoms with Gasteiger partial charge < -0.3 is 15.5 Å². The SMILES string of the molecule is COc1ccc(-c2nc(N)[nH]c2Br)c(Cl)c1. The van der Waals surface area contributed by atoms with E-state index in [1.165, 1.54) is 0 Å². The van der Waals surface area contributed by atoms with Crippen molar-refractivity contribution in [3.63, 3.8) is 0 Å². The van der Waals surface area contributed by atoms with Crippen LogP contribution in [0, 0.1) is 0 Å². The molecular weight excluding hydrogens is 293 g/mol. The van der Waals surface area contributed by atoms with Crippen LogP contribution in [0.15, 0.2) is 22.8 Å². The summed E-state index contributed by atoms with van der Waals surface area (Å²) in [5.41, 5.74) is 7.04. The van der Waals surface area contributed by atoms with Gasteiger partial charge in [0.1, 0.15) is 16.0 Å². The van der Waals surface area contributed by atoms with Crippen molar-refractivity contribution < 1.29 is 4.74 Å². The number of H-pyrrole nitrogens is 1. The van der Waals surface area contributed by atoms with Crippen LogP contribution in [0.2, 0.25) is 5.02 Å². The zero-order chi connectivity index (χ0) is 11.7. The molecule has 0 aliphatic carbocycles. The van der Waals surface area contributed by atoms with Crippen LogP contribution in [0.4, 0.5) is 5.95 Å². The first kappa shape index (κ1) is 11.3. The predicted octanol–water partition coefficient (Wildman–Crippen LogP) is 3.08. The van der Waals surface area contributed by atoms with Crippen molar-refractivity contribution >= 4 is 33.5 Å². The minimum absolute atomic E-state index is 0.341. The number of methoxy groups -OCH3 is 1. The van der Waals surface area contributed by atoms with Gasteiger partial charge in [-0.15, -0.1) is 0 Å². The van der Waals surface area contributed by atoms with Crippen molar-refractivity contribution in [1.82, 2.24) is 9.97 Å². The van der Waals surface area contributed by atoms with E-state index in [-0.39, 0.29) is 0 Å². The average Bonchev–Trinajstić information content (AvgIpc) is 2.57. The van der Waals surface area contributed by atoms with Crippen molar-refractivity contribution in [2.24, 2.45) is 0 Å². The van der Waals surface area contributed by atoms with E-state index in [0.29, 0.717) is 27.0 Å². The van der Waals surface area contributed by atoms with Crippen LogP contribution in [-0.2, 0) is 0 Å². The van der Waals surface area contributed by atoms with Gasteiger partial charge in [-0.05, 0) is 34.1 Å². The second kappa shape index (κ2) is 4.35. The van der Waals surface area contributed by atoms with Crippen LogP contribution in [0.1, 0.15) is 0 Å². The van der Waals surface area contributed by atoms with E-state index < -0.39 is 0 Å². The molecule has 0 unspecified atom stereocenters. The topological polar surface area (TPSA) is 63.9 Å². The fourth-order valence-corrected chi connectivity index (χ4v) is 2.13. The lowest BCUT2D eigenvalue weighted by Crippen LogP contribution is -1.87. The summed E-state index contributed by atoms with van der Waals surface area (Å²) in [5.74, 6) is 1.04. The number of anilines is 1. The van der Waals surface area contributed by atoms with Crippen molar-refractivity contribution in [3.8, 4) is 17.0 Å². The van der Waals surface area contributed by atoms with Crippen LogP contribution in [0.25, 0.3) is 11.3 Å². The van der Waals surface area contributed by atoms with Gasteiger partial charge in [0.25, 0.3) is 0 Å². The maximum Gasteiger partial charge on any atom is 0.198 e. The molecule has 1 aromatic heterocycles. The summed E-state index contributed by atoms with van der Waals surface area (Å²) in [5, 5.41) is 0.562. The molecule has 0 aliphatic heterocycles. The number of rotatable bonds is 2. The number of ether oxygens (including phenoxy) is 1. The van der Waals surface area contributed by atoms with E-state index in [0.717, 1.165) is 5.56 Å². The normalized spacial score (nSPS) is 10.4. The van der Waals surface area contributed by atoms with Crippen molar-refractivity contribution in [1.29, 1.82) is 0 Å². The summed E-state index contributed by atoms with van der Waals surface area (Å²) in [4.78, 5) is 7.00. The largest absolute Gasteiger partial charge is 0.497 e. The highest BCUT2D eigenvalue weighted by atomic mass is 79.9. The van der Waals surface area contributed by atoms with Gasteiger partial charge in [0.2, 0.25) is 0 Å². The lowest BCUT2D eigenvalue weighted by atomic mass is 10.1. The molecule has 0 atom stereocenters. The Hall–Kier alpha value is -1.20. The second-order valence-corrected chi connectivity index (χ2v) is 4.33. The van der Waals surface area contributed by atoms with E-state index in [4.69, 9.17) is 22.1 Å². The minimum Gasteiger partial charge on any atom is -0.497 e. The van der Waals surface area contributed by atoms with E-state index in [1.54, 1.807) is 13.2 Å². The summed E-state index contributed by atoms with van der Waals surface area (Å²) in [6, 6.07) is 5.38. The van der Waals surface area contributed by atoms with Gasteiger partial charge in [-0.1, -0.05) is 11.6 Å². The van der Waals surface area contributed by atoms with Crippen molar-refractivity contribution in [2.45, 2.75) is 0 Å². The quantitative estimate of drug-likeness (QED) is 0.896. The number of hydrogen-bond acceptors (Lipinski definition) is 3. The third-order valence-corrected chi connectivity index (χ3v) is 3.00. The number of aromatic nitrogens is 2. The molecule has 2 rings (SSSR count). The zero-order valence-corrected chi connectivity index (χ0v) is 10.8. The van der Waals surface area contributed by atoms with Gasteiger partial charge >= 0.3 is 0 Å². The van der Waals surface area contributed by atoms with Crippen LogP contribution in [0.5, 0.6) is 5.75 Å². The first-order chi connectivity index (χ1) is 7.61. The van der Waals surface area contributed by atoms with E-state index in [1.807, 2.05) is 12.1 Å². The minimum atomic E-state index is 0.341. The number of nitrogens with one attached hydrogen (secondary N) is 1. The number of nitrogens with zero attached hydrogens (tertiary/aromatic N) is 1. The lowest BCUT2D eigenvalue weighted by Gasteiger charge is -2.04. The number of imidazole rings is 1. The molecule has 0 bridgehead atoms. The molecule has 1 aromatic carbocycles. The Balaban J connectivity index is 2.52. The van der Waals surface area contributed by atoms with Crippen LogP contribution in [-0.4, -0.2) is 17.1 Å². The molecule has 0 radical (unpaired) electrons. The molecule has 1 heterocycles. The van der Waals surface area contributed by atoms with Gasteiger partial charge in [-0.25, -0.2) is 4.98 Å². The summed E-state index contributed by atoms with van der Waals surface area (Å²) in [6.07, 6.45) is 0. The predicted molar refractivity (Wildman–Crippen MR) is 67.7 cm³/mol. The summed E-state index contributed by atoms with van der Waals surface area (Å²) < 4.78 is 5.78. The molecule has 6 heteroatoms. The Bertz CT molecular complexity index is 527. The van der Waals surface area contributed by atoms with Crippen LogP contribution < -0.4 is 10.5 Å². The zero-order valence-electron chi connectivity index (χ0n) is 8.42. The Morgan fingerprint density at radius 3 is 2.75 bits per heavy atom. The maximum absolute atomic E-state index is 6.13. The number of nitrogens with two attached hydrogens (primary N) is 1. The maximum atomic E-state index is 6.13. The Morgan fingerprint density at radius 1 is 1.50 bits per heavy atom. The molecule has 4 nitrogen and oxygen atoms in total. The fraction of sp³-hybridized carbons (Fsp3) is 0.100. The Morgan fingerprint density at radius 2 is 2.25 bits per heavy atom. The number of nitrogen functional groups attached to an aromatic ring is 1. The highest BCUT2D eigenvalue weighted by Gasteiger charge is 2.12. The van der Waals surface area contributed by atoms with Crippen molar-refractivity contribution in [3.05, 3.63) is 27.8 Å². The fourth-order valence-electron chi connectivity index (χ4n) is 1.36. The van der Waals surface area contributed by atoms with Crippen LogP contribution in [0.3, 0.4) is 0 Å². The van der Waals surface area contributed by atoms with E-state index in [9.17, 15) is 0 Å². The average molecular weight is 303 g/mol. The standard InChI is InChI=1S/C10H9BrClN3O/c1-16-5-2-3-6(7(12)4-5)8-9(11)15-10(13)14-8/h2-4H,1H3,(H3,13,14,15). The molecule has 16 heavy (non-hydrogen) atoms. The van der Waals surface area contributed by atoms with Gasteiger partial charge in [-0.3, -0.25) is 0 Å². The molecule has 84 valence electrons. The number of benzene rings is 1. The lowest BCUT2D eigenvalue weighted by molar-refractivity contribution is 0.415. The third-order valence-electron chi connectivity index (χ3n) is 2.11. The highest BCUT2D eigenvalue weighted by Crippen LogP contribution is 2.34. The monoisotopic (exact) mass is 301 g/mol. The van der Waals surface area contributed by atoms with Gasteiger partial charge in [0, 0.05) is 5.56 Å². The highest BCUT2D eigenvalue weighted by molar-refractivity contribution is 9.10. The van der Waals surface area contributed by atoms with Gasteiger partial charge in [0.05, 0.1) is 12.1 Å². The molecule has 0 fully saturated rings. The molecule has 2 aromatic rings. The van der Waals surface area contributed by atoms with E-state index >= 15 is 0 Å². The Labute approximate surface area is 106 Å². The number of hydrogen-bond donors (Lipinski definition) is 2.